The molecule has 1 atom stereocenters. The number of aryl methyl sites for hydroxylation is 1. The Morgan fingerprint density at radius 3 is 2.40 bits per heavy atom. The zero-order valence-corrected chi connectivity index (χ0v) is 14.5. The van der Waals surface area contributed by atoms with E-state index in [1.54, 1.807) is 17.4 Å². The van der Waals surface area contributed by atoms with Crippen molar-refractivity contribution in [3.8, 4) is 0 Å². The summed E-state index contributed by atoms with van der Waals surface area (Å²) < 4.78 is 30.3. The lowest BCUT2D eigenvalue weighted by Crippen LogP contribution is -2.43. The van der Waals surface area contributed by atoms with Gasteiger partial charge in [-0.2, -0.15) is 0 Å². The Morgan fingerprint density at radius 1 is 1.24 bits per heavy atom. The van der Waals surface area contributed by atoms with E-state index in [1.165, 1.54) is 13.0 Å². The van der Waals surface area contributed by atoms with Crippen molar-refractivity contribution in [2.45, 2.75) is 20.0 Å². The lowest BCUT2D eigenvalue weighted by atomic mass is 10.2. The van der Waals surface area contributed by atoms with Crippen LogP contribution in [0.2, 0.25) is 0 Å². The molecule has 0 aliphatic rings. The normalized spacial score (nSPS) is 12.6. The van der Waals surface area contributed by atoms with Crippen LogP contribution < -0.4 is 15.8 Å². The highest BCUT2D eigenvalue weighted by Crippen LogP contribution is 2.06. The maximum atomic E-state index is 11.8. The summed E-state index contributed by atoms with van der Waals surface area (Å²) in [5.74, 6) is -1.90. The van der Waals surface area contributed by atoms with Gasteiger partial charge < -0.3 is 10.5 Å². The van der Waals surface area contributed by atoms with Crippen molar-refractivity contribution in [3.63, 3.8) is 0 Å². The van der Waals surface area contributed by atoms with Crippen LogP contribution in [0.1, 0.15) is 18.1 Å². The maximum Gasteiger partial charge on any atom is 0.321 e. The zero-order valence-electron chi connectivity index (χ0n) is 13.7. The van der Waals surface area contributed by atoms with Crippen LogP contribution in [0.15, 0.2) is 29.7 Å². The number of sulfonamides is 1. The fourth-order valence-electron chi connectivity index (χ4n) is 1.57. The van der Waals surface area contributed by atoms with Gasteiger partial charge in [0.1, 0.15) is 6.54 Å². The Kier molecular flexibility index (Phi) is 7.27. The number of carbonyl (C=O) groups is 3. The number of rotatable bonds is 7. The topological polar surface area (TPSA) is 145 Å². The fraction of sp³-hybridized carbons (Fsp3) is 0.267. The molecule has 0 aliphatic carbocycles. The Bertz CT molecular complexity index is 771. The van der Waals surface area contributed by atoms with Crippen LogP contribution in [0.4, 0.5) is 4.79 Å². The van der Waals surface area contributed by atoms with Crippen LogP contribution in [-0.2, 0) is 24.3 Å². The Morgan fingerprint density at radius 2 is 1.84 bits per heavy atom. The molecule has 136 valence electrons. The van der Waals surface area contributed by atoms with Crippen molar-refractivity contribution in [1.29, 1.82) is 0 Å². The summed E-state index contributed by atoms with van der Waals surface area (Å²) in [5, 5.41) is 2.65. The molecule has 25 heavy (non-hydrogen) atoms. The summed E-state index contributed by atoms with van der Waals surface area (Å²) in [4.78, 5) is 33.4. The Balaban J connectivity index is 2.52. The molecule has 0 saturated heterocycles. The minimum Gasteiger partial charge on any atom is -0.452 e. The number of primary amides is 1. The van der Waals surface area contributed by atoms with Gasteiger partial charge in [-0.3, -0.25) is 14.9 Å². The summed E-state index contributed by atoms with van der Waals surface area (Å²) in [5.41, 5.74) is 6.47. The van der Waals surface area contributed by atoms with Crippen molar-refractivity contribution in [2.24, 2.45) is 5.73 Å². The third-order valence-electron chi connectivity index (χ3n) is 2.86. The van der Waals surface area contributed by atoms with E-state index in [0.717, 1.165) is 11.0 Å². The summed E-state index contributed by atoms with van der Waals surface area (Å²) >= 11 is 0. The van der Waals surface area contributed by atoms with Crippen LogP contribution in [0, 0.1) is 6.92 Å². The molecule has 1 rings (SSSR count). The van der Waals surface area contributed by atoms with Gasteiger partial charge in [-0.05, 0) is 25.5 Å². The second kappa shape index (κ2) is 8.94. The largest absolute Gasteiger partial charge is 0.452 e. The molecule has 1 aromatic carbocycles. The Hall–Kier alpha value is -2.72. The first-order chi connectivity index (χ1) is 11.6. The molecule has 9 nitrogen and oxygen atoms in total. The summed E-state index contributed by atoms with van der Waals surface area (Å²) in [7, 11) is -3.87. The van der Waals surface area contributed by atoms with Crippen molar-refractivity contribution in [1.82, 2.24) is 10.0 Å². The number of nitrogens with two attached hydrogens (primary N) is 1. The molecule has 3 amide bonds. The first kappa shape index (κ1) is 20.3. The molecule has 0 aromatic heterocycles. The monoisotopic (exact) mass is 369 g/mol. The van der Waals surface area contributed by atoms with E-state index in [1.807, 2.05) is 23.8 Å². The highest BCUT2D eigenvalue weighted by Gasteiger charge is 2.19. The van der Waals surface area contributed by atoms with Gasteiger partial charge in [0.25, 0.3) is 5.91 Å². The minimum absolute atomic E-state index is 0.672. The Labute approximate surface area is 145 Å². The van der Waals surface area contributed by atoms with Gasteiger partial charge in [-0.25, -0.2) is 17.9 Å². The van der Waals surface area contributed by atoms with E-state index < -0.39 is 40.6 Å². The molecule has 0 fully saturated rings. The molecule has 0 radical (unpaired) electrons. The number of imide groups is 1. The maximum absolute atomic E-state index is 11.8. The molecular formula is C15H19N3O6S. The molecule has 0 unspecified atom stereocenters. The highest BCUT2D eigenvalue weighted by atomic mass is 32.2. The first-order valence-electron chi connectivity index (χ1n) is 7.13. The van der Waals surface area contributed by atoms with Crippen molar-refractivity contribution in [3.05, 3.63) is 40.8 Å². The van der Waals surface area contributed by atoms with Crippen LogP contribution in [0.5, 0.6) is 0 Å². The SMILES string of the molecule is Cc1ccc(/C=C/S(=O)(=O)NCC(=O)O[C@@H](C)C(=O)NC(N)=O)cc1. The standard InChI is InChI=1S/C15H19N3O6S/c1-10-3-5-12(6-4-10)7-8-25(22,23)17-9-13(19)24-11(2)14(20)18-15(16)21/h3-8,11,17H,9H2,1-2H3,(H3,16,18,20,21)/b8-7+/t11-/m0/s1. The van der Waals surface area contributed by atoms with E-state index in [2.05, 4.69) is 4.74 Å². The second-order valence-electron chi connectivity index (χ2n) is 5.07. The number of nitrogens with one attached hydrogen (secondary N) is 2. The van der Waals surface area contributed by atoms with Gasteiger partial charge in [0, 0.05) is 5.41 Å². The number of hydrogen-bond donors (Lipinski definition) is 3. The highest BCUT2D eigenvalue weighted by molar-refractivity contribution is 7.92. The molecule has 0 saturated carbocycles. The number of ether oxygens (including phenoxy) is 1. The third-order valence-corrected chi connectivity index (χ3v) is 3.90. The van der Waals surface area contributed by atoms with Crippen LogP contribution >= 0.6 is 0 Å². The summed E-state index contributed by atoms with van der Waals surface area (Å²) in [6, 6.07) is 6.06. The van der Waals surface area contributed by atoms with Crippen LogP contribution in [0.3, 0.4) is 0 Å². The predicted molar refractivity (Wildman–Crippen MR) is 90.4 cm³/mol. The lowest BCUT2D eigenvalue weighted by Gasteiger charge is -2.11. The number of esters is 1. The average molecular weight is 369 g/mol. The number of hydrogen-bond acceptors (Lipinski definition) is 6. The molecule has 1 aromatic rings. The molecule has 10 heteroatoms. The van der Waals surface area contributed by atoms with Gasteiger partial charge in [0.2, 0.25) is 10.0 Å². The smallest absolute Gasteiger partial charge is 0.321 e. The second-order valence-corrected chi connectivity index (χ2v) is 6.72. The quantitative estimate of drug-likeness (QED) is 0.577. The van der Waals surface area contributed by atoms with E-state index >= 15 is 0 Å². The van der Waals surface area contributed by atoms with Crippen LogP contribution in [-0.4, -0.2) is 39.0 Å². The van der Waals surface area contributed by atoms with E-state index in [0.29, 0.717) is 5.56 Å². The molecule has 0 bridgehead atoms. The van der Waals surface area contributed by atoms with Crippen molar-refractivity contribution >= 4 is 34.0 Å². The number of urea groups is 1. The van der Waals surface area contributed by atoms with Gasteiger partial charge in [-0.1, -0.05) is 29.8 Å². The van der Waals surface area contributed by atoms with Gasteiger partial charge >= 0.3 is 12.0 Å². The minimum atomic E-state index is -3.87. The van der Waals surface area contributed by atoms with E-state index in [4.69, 9.17) is 5.73 Å². The molecule has 0 heterocycles. The molecular weight excluding hydrogens is 350 g/mol. The van der Waals surface area contributed by atoms with Crippen LogP contribution in [0.25, 0.3) is 6.08 Å². The average Bonchev–Trinajstić information content (AvgIpc) is 2.52. The van der Waals surface area contributed by atoms with E-state index in [9.17, 15) is 22.8 Å². The number of benzene rings is 1. The number of amides is 3. The predicted octanol–water partition coefficient (Wildman–Crippen LogP) is 0.0117. The molecule has 0 aliphatic heterocycles. The van der Waals surface area contributed by atoms with Gasteiger partial charge in [-0.15, -0.1) is 0 Å². The van der Waals surface area contributed by atoms with Gasteiger partial charge in [0.15, 0.2) is 6.10 Å². The van der Waals surface area contributed by atoms with Crippen molar-refractivity contribution < 1.29 is 27.5 Å². The first-order valence-corrected chi connectivity index (χ1v) is 8.68. The van der Waals surface area contributed by atoms with Gasteiger partial charge in [0.05, 0.1) is 0 Å². The molecule has 4 N–H and O–H groups in total. The fourth-order valence-corrected chi connectivity index (χ4v) is 2.32. The van der Waals surface area contributed by atoms with Crippen molar-refractivity contribution in [2.75, 3.05) is 6.54 Å². The third kappa shape index (κ3) is 8.08. The zero-order chi connectivity index (χ0) is 19.0. The molecule has 0 spiro atoms. The summed E-state index contributed by atoms with van der Waals surface area (Å²) in [6.07, 6.45) is 0.0726. The lowest BCUT2D eigenvalue weighted by molar-refractivity contribution is -0.153. The summed E-state index contributed by atoms with van der Waals surface area (Å²) in [6.45, 7) is 2.44. The van der Waals surface area contributed by atoms with E-state index in [-0.39, 0.29) is 0 Å². The number of carbonyl (C=O) groups excluding carboxylic acids is 3.